The normalized spacial score (nSPS) is 20.1. The smallest absolute Gasteiger partial charge is 0.298 e. The molecule has 8 rings (SSSR count). The monoisotopic (exact) mass is 583 g/mol. The highest BCUT2D eigenvalue weighted by Crippen LogP contribution is 2.42. The van der Waals surface area contributed by atoms with Crippen LogP contribution in [0.3, 0.4) is 0 Å². The molecule has 2 aliphatic carbocycles. The fourth-order valence-corrected chi connectivity index (χ4v) is 5.36. The van der Waals surface area contributed by atoms with Crippen molar-refractivity contribution < 1.29 is 13.9 Å². The van der Waals surface area contributed by atoms with Crippen LogP contribution in [0, 0.1) is 5.82 Å². The van der Waals surface area contributed by atoms with E-state index in [1.807, 2.05) is 48.9 Å². The second kappa shape index (κ2) is 10.7. The Kier molecular flexibility index (Phi) is 6.34. The summed E-state index contributed by atoms with van der Waals surface area (Å²) in [6.45, 7) is 0. The Bertz CT molecular complexity index is 1920. The quantitative estimate of drug-likeness (QED) is 0.283. The number of para-hydroxylation sites is 1. The number of halogens is 1. The van der Waals surface area contributed by atoms with Crippen LogP contribution in [0.25, 0.3) is 16.9 Å². The number of ether oxygens (including phenoxy) is 1. The molecule has 2 saturated carbocycles. The summed E-state index contributed by atoms with van der Waals surface area (Å²) < 4.78 is 21.0. The van der Waals surface area contributed by atoms with Gasteiger partial charge in [-0.15, -0.1) is 0 Å². The van der Waals surface area contributed by atoms with E-state index in [1.165, 1.54) is 6.07 Å². The first-order valence-corrected chi connectivity index (χ1v) is 14.6. The Balaban J connectivity index is 1.14. The second-order valence-electron chi connectivity index (χ2n) is 11.2. The summed E-state index contributed by atoms with van der Waals surface area (Å²) in [6, 6.07) is 16.0. The lowest BCUT2D eigenvalue weighted by molar-refractivity contribution is -0.117. The van der Waals surface area contributed by atoms with Crippen LogP contribution in [0.4, 0.5) is 10.1 Å². The highest BCUT2D eigenvalue weighted by molar-refractivity contribution is 6.19. The van der Waals surface area contributed by atoms with Crippen LogP contribution in [0.15, 0.2) is 95.1 Å². The van der Waals surface area contributed by atoms with Gasteiger partial charge in [0.1, 0.15) is 17.3 Å². The molecule has 0 spiro atoms. The number of carbonyl (C=O) groups is 1. The number of fused-ring (bicyclic) bond motifs is 1. The highest BCUT2D eigenvalue weighted by Gasteiger charge is 2.30. The van der Waals surface area contributed by atoms with Gasteiger partial charge in [-0.2, -0.15) is 4.99 Å². The summed E-state index contributed by atoms with van der Waals surface area (Å²) >= 11 is 0. The summed E-state index contributed by atoms with van der Waals surface area (Å²) in [5.41, 5.74) is 8.13. The summed E-state index contributed by atoms with van der Waals surface area (Å²) in [5.74, 6) is 0.981. The molecular weight excluding hydrogens is 557 g/mol. The van der Waals surface area contributed by atoms with Gasteiger partial charge in [0, 0.05) is 46.8 Å². The number of pyridine rings is 1. The Morgan fingerprint density at radius 3 is 2.45 bits per heavy atom. The van der Waals surface area contributed by atoms with E-state index in [0.29, 0.717) is 34.6 Å². The number of carbonyl (C=O) groups excluding carboxylic acids is 1. The van der Waals surface area contributed by atoms with Gasteiger partial charge in [0.15, 0.2) is 0 Å². The fraction of sp³-hybridized carbons (Fsp3) is 0.206. The van der Waals surface area contributed by atoms with Crippen molar-refractivity contribution in [1.29, 1.82) is 0 Å². The summed E-state index contributed by atoms with van der Waals surface area (Å²) in [5, 5.41) is 5.58. The van der Waals surface area contributed by atoms with Crippen LogP contribution >= 0.6 is 0 Å². The minimum atomic E-state index is -1.26. The zero-order valence-electron chi connectivity index (χ0n) is 23.5. The van der Waals surface area contributed by atoms with Crippen LogP contribution in [-0.2, 0) is 9.53 Å². The first kappa shape index (κ1) is 26.2. The molecule has 2 aromatic carbocycles. The van der Waals surface area contributed by atoms with Crippen molar-refractivity contribution in [2.45, 2.75) is 43.7 Å². The van der Waals surface area contributed by atoms with Crippen molar-refractivity contribution in [3.8, 4) is 11.1 Å². The van der Waals surface area contributed by atoms with Crippen LogP contribution in [-0.4, -0.2) is 38.8 Å². The number of rotatable bonds is 6. The zero-order chi connectivity index (χ0) is 29.6. The van der Waals surface area contributed by atoms with Gasteiger partial charge >= 0.3 is 0 Å². The van der Waals surface area contributed by atoms with Crippen molar-refractivity contribution in [2.24, 2.45) is 9.98 Å². The van der Waals surface area contributed by atoms with E-state index in [2.05, 4.69) is 42.4 Å². The average Bonchev–Trinajstić information content (AvgIpc) is 3.98. The fourth-order valence-electron chi connectivity index (χ4n) is 5.36. The molecule has 4 aliphatic rings. The Morgan fingerprint density at radius 1 is 0.886 bits per heavy atom. The van der Waals surface area contributed by atoms with Crippen LogP contribution in [0.5, 0.6) is 0 Å². The van der Waals surface area contributed by atoms with Gasteiger partial charge < -0.3 is 15.4 Å². The van der Waals surface area contributed by atoms with Crippen molar-refractivity contribution in [3.63, 3.8) is 0 Å². The first-order valence-electron chi connectivity index (χ1n) is 14.6. The van der Waals surface area contributed by atoms with Crippen molar-refractivity contribution >= 4 is 29.1 Å². The number of hydrogen-bond donors (Lipinski definition) is 2. The number of nitrogens with one attached hydrogen (secondary N) is 2. The summed E-state index contributed by atoms with van der Waals surface area (Å²) in [6.07, 6.45) is 10.4. The van der Waals surface area contributed by atoms with Gasteiger partial charge in [0.05, 0.1) is 17.6 Å². The molecule has 1 amide bonds. The zero-order valence-corrected chi connectivity index (χ0v) is 23.5. The maximum absolute atomic E-state index is 14.9. The standard InChI is InChI=1S/C34H26FN7O2/c35-26-8-4-7-24-28(20-5-2-1-3-6-20)40-32(33(43)41-29(24)26)42-34-36-14-13-27(44-34)30-25(15-22(16-37-30)19-9-10-19)23-17-38-31(39-18-23)21-11-12-21/h1-8,14-19,21,32H,9-12H2,(H,36,42)(H,41,43)/t32-/m1/s1. The number of nitrogens with zero attached hydrogens (tertiary/aromatic N) is 5. The minimum absolute atomic E-state index is 0.0286. The third kappa shape index (κ3) is 5.05. The van der Waals surface area contributed by atoms with Crippen LogP contribution in [0.1, 0.15) is 65.7 Å². The molecule has 0 saturated heterocycles. The van der Waals surface area contributed by atoms with Gasteiger partial charge in [-0.3, -0.25) is 9.78 Å². The Morgan fingerprint density at radius 2 is 1.68 bits per heavy atom. The van der Waals surface area contributed by atoms with Gasteiger partial charge in [-0.1, -0.05) is 48.2 Å². The van der Waals surface area contributed by atoms with E-state index in [-0.39, 0.29) is 11.7 Å². The Hall–Kier alpha value is -5.47. The Labute approximate surface area is 252 Å². The molecule has 2 N–H and O–H groups in total. The minimum Gasteiger partial charge on any atom is -0.415 e. The molecule has 9 nitrogen and oxygen atoms in total. The number of benzodiazepines with no additional fused rings is 1. The maximum Gasteiger partial charge on any atom is 0.298 e. The molecule has 0 unspecified atom stereocenters. The predicted molar refractivity (Wildman–Crippen MR) is 163 cm³/mol. The molecule has 216 valence electrons. The van der Waals surface area contributed by atoms with Gasteiger partial charge in [0.25, 0.3) is 11.9 Å². The molecule has 4 heterocycles. The number of amides is 1. The second-order valence-corrected chi connectivity index (χ2v) is 11.2. The molecule has 2 aromatic heterocycles. The summed E-state index contributed by atoms with van der Waals surface area (Å²) in [7, 11) is 0. The molecule has 2 aliphatic heterocycles. The van der Waals surface area contributed by atoms with Crippen LogP contribution < -0.4 is 10.6 Å². The molecule has 1 atom stereocenters. The number of hydrogen-bond acceptors (Lipinski definition) is 7. The van der Waals surface area contributed by atoms with Crippen molar-refractivity contribution in [2.75, 3.05) is 5.32 Å². The molecular formula is C34H26FN7O2. The maximum atomic E-state index is 14.9. The number of aromatic nitrogens is 3. The third-order valence-corrected chi connectivity index (χ3v) is 7.99. The van der Waals surface area contributed by atoms with Gasteiger partial charge in [-0.05, 0) is 49.3 Å². The SMILES string of the molecule is O=C1Nc2c(F)cccc2C(c2ccccc2)=N[C@@H]1/N=C1\NC=C=C(c2ncc(C3CC3)cc2-c2cnc(C3CC3)nc2)O1. The average molecular weight is 584 g/mol. The lowest BCUT2D eigenvalue weighted by Crippen LogP contribution is -2.30. The third-order valence-electron chi connectivity index (χ3n) is 7.99. The van der Waals surface area contributed by atoms with Crippen molar-refractivity contribution in [1.82, 2.24) is 20.3 Å². The summed E-state index contributed by atoms with van der Waals surface area (Å²) in [4.78, 5) is 36.5. The first-order chi connectivity index (χ1) is 21.6. The van der Waals surface area contributed by atoms with E-state index in [0.717, 1.165) is 53.8 Å². The van der Waals surface area contributed by atoms with Crippen molar-refractivity contribution in [3.05, 3.63) is 119 Å². The van der Waals surface area contributed by atoms with E-state index < -0.39 is 17.9 Å². The van der Waals surface area contributed by atoms with Crippen LogP contribution in [0.2, 0.25) is 0 Å². The number of aliphatic imine (C=N–C) groups is 2. The van der Waals surface area contributed by atoms with E-state index in [4.69, 9.17) is 9.72 Å². The molecule has 4 aromatic rings. The number of amidine groups is 1. The molecule has 2 fully saturated rings. The largest absolute Gasteiger partial charge is 0.415 e. The lowest BCUT2D eigenvalue weighted by Gasteiger charge is -2.17. The lowest BCUT2D eigenvalue weighted by atomic mass is 10.0. The number of benzene rings is 2. The predicted octanol–water partition coefficient (Wildman–Crippen LogP) is 5.68. The molecule has 10 heteroatoms. The topological polar surface area (TPSA) is 114 Å². The van der Waals surface area contributed by atoms with Gasteiger partial charge in [-0.25, -0.2) is 19.4 Å². The molecule has 0 bridgehead atoms. The number of anilines is 1. The molecule has 0 radical (unpaired) electrons. The van der Waals surface area contributed by atoms with E-state index >= 15 is 0 Å². The van der Waals surface area contributed by atoms with E-state index in [1.54, 1.807) is 18.3 Å². The molecule has 44 heavy (non-hydrogen) atoms. The highest BCUT2D eigenvalue weighted by atomic mass is 19.1. The van der Waals surface area contributed by atoms with E-state index in [9.17, 15) is 9.18 Å². The van der Waals surface area contributed by atoms with Gasteiger partial charge in [0.2, 0.25) is 11.9 Å².